The van der Waals surface area contributed by atoms with Crippen LogP contribution in [0, 0.1) is 0 Å². The Hall–Kier alpha value is -2.18. The molecule has 2 aromatic heterocycles. The molecule has 8 nitrogen and oxygen atoms in total. The number of halogens is 5. The fourth-order valence-corrected chi connectivity index (χ4v) is 3.30. The maximum atomic E-state index is 8.74. The van der Waals surface area contributed by atoms with Gasteiger partial charge in [-0.05, 0) is 28.1 Å². The van der Waals surface area contributed by atoms with Crippen molar-refractivity contribution in [3.05, 3.63) is 85.7 Å². The lowest BCUT2D eigenvalue weighted by molar-refractivity contribution is 0.426. The number of hydrogen-bond donors (Lipinski definition) is 4. The molecule has 0 saturated carbocycles. The zero-order valence-corrected chi connectivity index (χ0v) is 21.7. The molecule has 0 aliphatic heterocycles. The standard InChI is InChI=1S/C10H7Cl2N3.C6H5BCl2O2.C4H4BrN3/c11-8-3-1-2-6(10(8)12)7-4-14-15-5-9(7)13;8-5-3-1-2-4(6(5)9)7(10)11;5-3-1-7-8-2-4(3)6/h1-5H,(H2,13,14);1-3,10-11H;1-2H,(H2,6,7). The van der Waals surface area contributed by atoms with E-state index in [4.69, 9.17) is 67.9 Å². The largest absolute Gasteiger partial charge is 0.490 e. The van der Waals surface area contributed by atoms with Gasteiger partial charge in [-0.25, -0.2) is 0 Å². The first kappa shape index (κ1) is 28.1. The summed E-state index contributed by atoms with van der Waals surface area (Å²) in [5.74, 6) is 0. The maximum absolute atomic E-state index is 8.74. The van der Waals surface area contributed by atoms with Crippen LogP contribution in [0.1, 0.15) is 0 Å². The molecule has 0 fully saturated rings. The topological polar surface area (TPSA) is 144 Å². The molecule has 0 atom stereocenters. The van der Waals surface area contributed by atoms with Crippen LogP contribution in [0.15, 0.2) is 65.7 Å². The van der Waals surface area contributed by atoms with E-state index in [1.165, 1.54) is 18.5 Å². The summed E-state index contributed by atoms with van der Waals surface area (Å²) in [6, 6.07) is 10.0. The Morgan fingerprint density at radius 2 is 1.21 bits per heavy atom. The molecule has 34 heavy (non-hydrogen) atoms. The van der Waals surface area contributed by atoms with Crippen LogP contribution in [-0.2, 0) is 0 Å². The Morgan fingerprint density at radius 1 is 0.676 bits per heavy atom. The molecule has 0 bridgehead atoms. The molecule has 0 spiro atoms. The van der Waals surface area contributed by atoms with E-state index in [1.807, 2.05) is 12.1 Å². The number of rotatable bonds is 2. The molecule has 0 saturated heterocycles. The Morgan fingerprint density at radius 3 is 1.71 bits per heavy atom. The second-order valence-corrected chi connectivity index (χ2v) is 8.69. The lowest BCUT2D eigenvalue weighted by Gasteiger charge is -2.07. The van der Waals surface area contributed by atoms with Crippen molar-refractivity contribution in [2.45, 2.75) is 0 Å². The van der Waals surface area contributed by atoms with E-state index in [0.29, 0.717) is 26.4 Å². The molecule has 0 amide bonds. The number of benzene rings is 2. The van der Waals surface area contributed by atoms with Gasteiger partial charge in [-0.15, -0.1) is 0 Å². The first-order valence-corrected chi connectivity index (χ1v) is 11.5. The normalized spacial score (nSPS) is 9.85. The second kappa shape index (κ2) is 13.6. The van der Waals surface area contributed by atoms with Crippen LogP contribution in [-0.4, -0.2) is 37.6 Å². The average molecular weight is 605 g/mol. The lowest BCUT2D eigenvalue weighted by Crippen LogP contribution is -2.30. The number of hydrogen-bond acceptors (Lipinski definition) is 8. The van der Waals surface area contributed by atoms with Crippen molar-refractivity contribution in [2.24, 2.45) is 0 Å². The predicted octanol–water partition coefficient (Wildman–Crippen LogP) is 4.53. The van der Waals surface area contributed by atoms with Gasteiger partial charge in [-0.2, -0.15) is 20.4 Å². The summed E-state index contributed by atoms with van der Waals surface area (Å²) in [6.45, 7) is 0. The van der Waals surface area contributed by atoms with Gasteiger partial charge in [0.2, 0.25) is 0 Å². The van der Waals surface area contributed by atoms with Gasteiger partial charge in [0, 0.05) is 16.6 Å². The van der Waals surface area contributed by atoms with E-state index in [0.717, 1.165) is 15.6 Å². The zero-order chi connectivity index (χ0) is 25.3. The fraction of sp³-hybridized carbons (Fsp3) is 0. The zero-order valence-electron chi connectivity index (χ0n) is 17.1. The van der Waals surface area contributed by atoms with Crippen LogP contribution in [0.25, 0.3) is 11.1 Å². The quantitative estimate of drug-likeness (QED) is 0.244. The Balaban J connectivity index is 0.000000190. The van der Waals surface area contributed by atoms with Crippen molar-refractivity contribution in [1.29, 1.82) is 0 Å². The van der Waals surface area contributed by atoms with Crippen LogP contribution in [0.2, 0.25) is 20.1 Å². The van der Waals surface area contributed by atoms with Gasteiger partial charge in [0.1, 0.15) is 0 Å². The summed E-state index contributed by atoms with van der Waals surface area (Å²) in [7, 11) is -1.57. The smallest absolute Gasteiger partial charge is 0.423 e. The van der Waals surface area contributed by atoms with Crippen molar-refractivity contribution in [2.75, 3.05) is 11.5 Å². The molecule has 0 radical (unpaired) electrons. The first-order chi connectivity index (χ1) is 16.1. The summed E-state index contributed by atoms with van der Waals surface area (Å²) in [5, 5.41) is 33.5. The average Bonchev–Trinajstić information content (AvgIpc) is 2.81. The van der Waals surface area contributed by atoms with Crippen LogP contribution >= 0.6 is 62.3 Å². The molecule has 176 valence electrons. The van der Waals surface area contributed by atoms with Crippen molar-refractivity contribution in [1.82, 2.24) is 20.4 Å². The van der Waals surface area contributed by atoms with Crippen LogP contribution < -0.4 is 16.9 Å². The van der Waals surface area contributed by atoms with Gasteiger partial charge >= 0.3 is 7.12 Å². The summed E-state index contributed by atoms with van der Waals surface area (Å²) in [5.41, 5.74) is 14.0. The monoisotopic (exact) mass is 602 g/mol. The number of anilines is 2. The van der Waals surface area contributed by atoms with E-state index in [9.17, 15) is 0 Å². The molecule has 2 aromatic carbocycles. The van der Waals surface area contributed by atoms with E-state index in [-0.39, 0.29) is 10.5 Å². The fourth-order valence-electron chi connectivity index (χ4n) is 2.30. The Labute approximate surface area is 224 Å². The third kappa shape index (κ3) is 7.95. The molecule has 4 rings (SSSR count). The van der Waals surface area contributed by atoms with E-state index >= 15 is 0 Å². The molecule has 14 heteroatoms. The number of nitrogens with two attached hydrogens (primary N) is 2. The number of nitrogen functional groups attached to an aromatic ring is 2. The highest BCUT2D eigenvalue weighted by molar-refractivity contribution is 9.10. The first-order valence-electron chi connectivity index (χ1n) is 9.15. The highest BCUT2D eigenvalue weighted by Gasteiger charge is 2.16. The molecule has 6 N–H and O–H groups in total. The molecular weight excluding hydrogens is 589 g/mol. The van der Waals surface area contributed by atoms with Gasteiger partial charge in [0.25, 0.3) is 0 Å². The number of aromatic nitrogens is 4. The third-order valence-electron chi connectivity index (χ3n) is 3.97. The van der Waals surface area contributed by atoms with Crippen LogP contribution in [0.5, 0.6) is 0 Å². The molecule has 0 aliphatic carbocycles. The molecule has 0 unspecified atom stereocenters. The van der Waals surface area contributed by atoms with Crippen molar-refractivity contribution in [3.8, 4) is 11.1 Å². The SMILES string of the molecule is Nc1cnncc1-c1cccc(Cl)c1Cl.Nc1cnncc1Br.OB(O)c1cccc(Cl)c1Cl. The van der Waals surface area contributed by atoms with Crippen molar-refractivity contribution in [3.63, 3.8) is 0 Å². The van der Waals surface area contributed by atoms with Crippen molar-refractivity contribution >= 4 is 86.3 Å². The van der Waals surface area contributed by atoms with Gasteiger partial charge in [0.05, 0.1) is 60.7 Å². The van der Waals surface area contributed by atoms with Crippen LogP contribution in [0.4, 0.5) is 11.4 Å². The third-order valence-corrected chi connectivity index (χ3v) is 6.29. The Kier molecular flexibility index (Phi) is 11.3. The Bertz CT molecular complexity index is 1230. The molecular formula is C20H16BBrCl4N6O2. The van der Waals surface area contributed by atoms with Gasteiger partial charge in [0.15, 0.2) is 0 Å². The van der Waals surface area contributed by atoms with E-state index in [1.54, 1.807) is 30.6 Å². The predicted molar refractivity (Wildman–Crippen MR) is 142 cm³/mol. The van der Waals surface area contributed by atoms with E-state index < -0.39 is 7.12 Å². The summed E-state index contributed by atoms with van der Waals surface area (Å²) >= 11 is 26.4. The minimum absolute atomic E-state index is 0.184. The highest BCUT2D eigenvalue weighted by atomic mass is 79.9. The van der Waals surface area contributed by atoms with E-state index in [2.05, 4.69) is 36.3 Å². The van der Waals surface area contributed by atoms with Crippen LogP contribution in [0.3, 0.4) is 0 Å². The van der Waals surface area contributed by atoms with Gasteiger partial charge in [-0.1, -0.05) is 70.7 Å². The highest BCUT2D eigenvalue weighted by Crippen LogP contribution is 2.35. The molecule has 0 aliphatic rings. The number of nitrogens with zero attached hydrogens (tertiary/aromatic N) is 4. The van der Waals surface area contributed by atoms with Gasteiger partial charge < -0.3 is 21.5 Å². The molecule has 4 aromatic rings. The minimum Gasteiger partial charge on any atom is -0.423 e. The summed E-state index contributed by atoms with van der Waals surface area (Å²) in [6.07, 6.45) is 6.08. The van der Waals surface area contributed by atoms with Crippen molar-refractivity contribution < 1.29 is 10.0 Å². The minimum atomic E-state index is -1.57. The maximum Gasteiger partial charge on any atom is 0.490 e. The lowest BCUT2D eigenvalue weighted by atomic mass is 9.80. The molecule has 2 heterocycles. The summed E-state index contributed by atoms with van der Waals surface area (Å²) < 4.78 is 0.785. The summed E-state index contributed by atoms with van der Waals surface area (Å²) in [4.78, 5) is 0. The van der Waals surface area contributed by atoms with Gasteiger partial charge in [-0.3, -0.25) is 0 Å². The second-order valence-electron chi connectivity index (χ2n) is 6.27.